The quantitative estimate of drug-likeness (QED) is 0.850. The van der Waals surface area contributed by atoms with Crippen molar-refractivity contribution >= 4 is 0 Å². The monoisotopic (exact) mass is 221 g/mol. The molecule has 0 saturated carbocycles. The van der Waals surface area contributed by atoms with Crippen molar-refractivity contribution in [1.82, 2.24) is 5.32 Å². The number of benzene rings is 1. The molecule has 88 valence electrons. The van der Waals surface area contributed by atoms with E-state index in [0.717, 1.165) is 30.0 Å². The molecule has 3 nitrogen and oxygen atoms in total. The largest absolute Gasteiger partial charge is 0.496 e. The van der Waals surface area contributed by atoms with Crippen molar-refractivity contribution in [3.8, 4) is 11.5 Å². The SMILES string of the molecule is COc1ccc(C)c(OC)c1C1CCCN1. The molecule has 0 bridgehead atoms. The Balaban J connectivity index is 2.48. The molecule has 1 N–H and O–H groups in total. The lowest BCUT2D eigenvalue weighted by Gasteiger charge is -2.20. The lowest BCUT2D eigenvalue weighted by molar-refractivity contribution is 0.374. The van der Waals surface area contributed by atoms with Crippen LogP contribution < -0.4 is 14.8 Å². The first-order valence-corrected chi connectivity index (χ1v) is 5.72. The molecule has 0 aromatic heterocycles. The molecule has 1 saturated heterocycles. The van der Waals surface area contributed by atoms with Gasteiger partial charge in [-0.15, -0.1) is 0 Å². The van der Waals surface area contributed by atoms with Crippen molar-refractivity contribution in [3.63, 3.8) is 0 Å². The summed E-state index contributed by atoms with van der Waals surface area (Å²) < 4.78 is 10.9. The summed E-state index contributed by atoms with van der Waals surface area (Å²) in [7, 11) is 3.43. The summed E-state index contributed by atoms with van der Waals surface area (Å²) in [5.74, 6) is 1.88. The second-order valence-electron chi connectivity index (χ2n) is 4.18. The molecule has 1 heterocycles. The Morgan fingerprint density at radius 3 is 2.62 bits per heavy atom. The molecule has 0 aliphatic carbocycles. The fraction of sp³-hybridized carbons (Fsp3) is 0.538. The summed E-state index contributed by atoms with van der Waals surface area (Å²) in [5.41, 5.74) is 2.33. The smallest absolute Gasteiger partial charge is 0.130 e. The summed E-state index contributed by atoms with van der Waals surface area (Å²) in [6.45, 7) is 3.14. The third-order valence-electron chi connectivity index (χ3n) is 3.19. The van der Waals surface area contributed by atoms with Gasteiger partial charge in [0.25, 0.3) is 0 Å². The topological polar surface area (TPSA) is 30.5 Å². The van der Waals surface area contributed by atoms with Gasteiger partial charge < -0.3 is 14.8 Å². The Hall–Kier alpha value is -1.22. The van der Waals surface area contributed by atoms with Crippen LogP contribution in [0.4, 0.5) is 0 Å². The average molecular weight is 221 g/mol. The summed E-state index contributed by atoms with van der Waals surface area (Å²) in [6, 6.07) is 4.42. The van der Waals surface area contributed by atoms with Crippen LogP contribution in [0.5, 0.6) is 11.5 Å². The lowest BCUT2D eigenvalue weighted by atomic mass is 10.00. The van der Waals surface area contributed by atoms with Gasteiger partial charge in [0.05, 0.1) is 19.8 Å². The molecule has 2 rings (SSSR count). The van der Waals surface area contributed by atoms with Gasteiger partial charge in [-0.3, -0.25) is 0 Å². The highest BCUT2D eigenvalue weighted by Gasteiger charge is 2.24. The lowest BCUT2D eigenvalue weighted by Crippen LogP contribution is -2.15. The van der Waals surface area contributed by atoms with Gasteiger partial charge in [0.1, 0.15) is 11.5 Å². The van der Waals surface area contributed by atoms with Gasteiger partial charge in [-0.25, -0.2) is 0 Å². The molecule has 1 aliphatic heterocycles. The molecule has 0 amide bonds. The number of nitrogens with one attached hydrogen (secondary N) is 1. The van der Waals surface area contributed by atoms with Crippen molar-refractivity contribution in [2.75, 3.05) is 20.8 Å². The van der Waals surface area contributed by atoms with E-state index in [1.54, 1.807) is 14.2 Å². The number of aryl methyl sites for hydroxylation is 1. The molecule has 0 spiro atoms. The first kappa shape index (κ1) is 11.3. The van der Waals surface area contributed by atoms with Crippen LogP contribution in [0.3, 0.4) is 0 Å². The van der Waals surface area contributed by atoms with Crippen LogP contribution in [0.15, 0.2) is 12.1 Å². The van der Waals surface area contributed by atoms with Crippen LogP contribution >= 0.6 is 0 Å². The van der Waals surface area contributed by atoms with E-state index in [4.69, 9.17) is 9.47 Å². The number of hydrogen-bond acceptors (Lipinski definition) is 3. The molecule has 3 heteroatoms. The van der Waals surface area contributed by atoms with Crippen LogP contribution in [0, 0.1) is 6.92 Å². The van der Waals surface area contributed by atoms with E-state index in [1.807, 2.05) is 12.1 Å². The fourth-order valence-corrected chi connectivity index (χ4v) is 2.40. The zero-order valence-corrected chi connectivity index (χ0v) is 10.2. The molecule has 0 radical (unpaired) electrons. The first-order valence-electron chi connectivity index (χ1n) is 5.72. The standard InChI is InChI=1S/C13H19NO2/c1-9-6-7-11(15-2)12(13(9)16-3)10-5-4-8-14-10/h6-7,10,14H,4-5,8H2,1-3H3. The average Bonchev–Trinajstić information content (AvgIpc) is 2.81. The van der Waals surface area contributed by atoms with Crippen LogP contribution in [0.2, 0.25) is 0 Å². The molecular weight excluding hydrogens is 202 g/mol. The predicted octanol–water partition coefficient (Wildman–Crippen LogP) is 2.44. The second kappa shape index (κ2) is 4.74. The van der Waals surface area contributed by atoms with E-state index in [0.29, 0.717) is 6.04 Å². The van der Waals surface area contributed by atoms with Gasteiger partial charge in [-0.05, 0) is 37.9 Å². The van der Waals surface area contributed by atoms with Gasteiger partial charge in [0.2, 0.25) is 0 Å². The summed E-state index contributed by atoms with van der Waals surface area (Å²) >= 11 is 0. The van der Waals surface area contributed by atoms with E-state index in [1.165, 1.54) is 12.0 Å². The minimum absolute atomic E-state index is 0.366. The van der Waals surface area contributed by atoms with Gasteiger partial charge in [-0.1, -0.05) is 6.07 Å². The van der Waals surface area contributed by atoms with Gasteiger partial charge in [0.15, 0.2) is 0 Å². The van der Waals surface area contributed by atoms with E-state index in [9.17, 15) is 0 Å². The van der Waals surface area contributed by atoms with Gasteiger partial charge in [0, 0.05) is 6.04 Å². The Labute approximate surface area is 96.8 Å². The van der Waals surface area contributed by atoms with Crippen molar-refractivity contribution in [2.24, 2.45) is 0 Å². The molecule has 1 fully saturated rings. The highest BCUT2D eigenvalue weighted by atomic mass is 16.5. The highest BCUT2D eigenvalue weighted by Crippen LogP contribution is 2.39. The molecule has 1 aromatic carbocycles. The Morgan fingerprint density at radius 2 is 2.06 bits per heavy atom. The van der Waals surface area contributed by atoms with Crippen LogP contribution in [0.25, 0.3) is 0 Å². The number of rotatable bonds is 3. The highest BCUT2D eigenvalue weighted by molar-refractivity contribution is 5.51. The van der Waals surface area contributed by atoms with Crippen LogP contribution in [-0.2, 0) is 0 Å². The normalized spacial score (nSPS) is 19.8. The number of methoxy groups -OCH3 is 2. The maximum atomic E-state index is 5.51. The van der Waals surface area contributed by atoms with Crippen molar-refractivity contribution < 1.29 is 9.47 Å². The summed E-state index contributed by atoms with van der Waals surface area (Å²) in [6.07, 6.45) is 2.36. The van der Waals surface area contributed by atoms with E-state index in [-0.39, 0.29) is 0 Å². The Morgan fingerprint density at radius 1 is 1.25 bits per heavy atom. The maximum absolute atomic E-state index is 5.51. The van der Waals surface area contributed by atoms with Crippen LogP contribution in [0.1, 0.15) is 30.0 Å². The van der Waals surface area contributed by atoms with Crippen molar-refractivity contribution in [3.05, 3.63) is 23.3 Å². The summed E-state index contributed by atoms with van der Waals surface area (Å²) in [5, 5.41) is 3.49. The predicted molar refractivity (Wildman–Crippen MR) is 64.3 cm³/mol. The Kier molecular flexibility index (Phi) is 3.34. The zero-order valence-electron chi connectivity index (χ0n) is 10.2. The molecule has 1 unspecified atom stereocenters. The first-order chi connectivity index (χ1) is 7.77. The zero-order chi connectivity index (χ0) is 11.5. The number of hydrogen-bond donors (Lipinski definition) is 1. The van der Waals surface area contributed by atoms with Gasteiger partial charge >= 0.3 is 0 Å². The third kappa shape index (κ3) is 1.87. The molecular formula is C13H19NO2. The molecule has 16 heavy (non-hydrogen) atoms. The van der Waals surface area contributed by atoms with E-state index < -0.39 is 0 Å². The van der Waals surface area contributed by atoms with Crippen molar-refractivity contribution in [1.29, 1.82) is 0 Å². The third-order valence-corrected chi connectivity index (χ3v) is 3.19. The minimum atomic E-state index is 0.366. The number of ether oxygens (including phenoxy) is 2. The van der Waals surface area contributed by atoms with Gasteiger partial charge in [-0.2, -0.15) is 0 Å². The second-order valence-corrected chi connectivity index (χ2v) is 4.18. The molecule has 1 aromatic rings. The van der Waals surface area contributed by atoms with E-state index >= 15 is 0 Å². The fourth-order valence-electron chi connectivity index (χ4n) is 2.40. The Bertz CT molecular complexity index is 370. The summed E-state index contributed by atoms with van der Waals surface area (Å²) in [4.78, 5) is 0. The minimum Gasteiger partial charge on any atom is -0.496 e. The maximum Gasteiger partial charge on any atom is 0.130 e. The molecule has 1 aliphatic rings. The van der Waals surface area contributed by atoms with Crippen LogP contribution in [-0.4, -0.2) is 20.8 Å². The van der Waals surface area contributed by atoms with E-state index in [2.05, 4.69) is 12.2 Å². The van der Waals surface area contributed by atoms with Crippen molar-refractivity contribution in [2.45, 2.75) is 25.8 Å². The molecule has 1 atom stereocenters.